The molecule has 0 saturated heterocycles. The molecule has 98 valence electrons. The van der Waals surface area contributed by atoms with E-state index in [-0.39, 0.29) is 6.42 Å². The molecule has 1 N–H and O–H groups in total. The molecule has 0 aliphatic carbocycles. The fourth-order valence-electron chi connectivity index (χ4n) is 1.89. The lowest BCUT2D eigenvalue weighted by molar-refractivity contribution is -0.136. The second-order valence-corrected chi connectivity index (χ2v) is 4.44. The highest BCUT2D eigenvalue weighted by molar-refractivity contribution is 5.70. The SMILES string of the molecule is Cc1cc(CC(=O)O)ccc1OCc1ccccc1. The number of hydrogen-bond donors (Lipinski definition) is 1. The van der Waals surface area contributed by atoms with E-state index in [9.17, 15) is 4.79 Å². The van der Waals surface area contributed by atoms with Gasteiger partial charge in [0.2, 0.25) is 0 Å². The number of hydrogen-bond acceptors (Lipinski definition) is 2. The third-order valence-corrected chi connectivity index (χ3v) is 2.83. The van der Waals surface area contributed by atoms with Gasteiger partial charge in [0.05, 0.1) is 6.42 Å². The quantitative estimate of drug-likeness (QED) is 0.893. The minimum absolute atomic E-state index is 0.0415. The van der Waals surface area contributed by atoms with Gasteiger partial charge < -0.3 is 9.84 Å². The van der Waals surface area contributed by atoms with Gasteiger partial charge in [-0.15, -0.1) is 0 Å². The van der Waals surface area contributed by atoms with Crippen LogP contribution in [0.25, 0.3) is 0 Å². The molecule has 0 bridgehead atoms. The topological polar surface area (TPSA) is 46.5 Å². The summed E-state index contributed by atoms with van der Waals surface area (Å²) in [5.41, 5.74) is 2.85. The molecule has 3 heteroatoms. The van der Waals surface area contributed by atoms with E-state index >= 15 is 0 Å². The standard InChI is InChI=1S/C16H16O3/c1-12-9-14(10-16(17)18)7-8-15(12)19-11-13-5-3-2-4-6-13/h2-9H,10-11H2,1H3,(H,17,18). The van der Waals surface area contributed by atoms with E-state index in [0.717, 1.165) is 22.4 Å². The second-order valence-electron chi connectivity index (χ2n) is 4.44. The zero-order valence-corrected chi connectivity index (χ0v) is 10.8. The molecule has 2 rings (SSSR count). The van der Waals surface area contributed by atoms with Gasteiger partial charge in [-0.05, 0) is 29.7 Å². The van der Waals surface area contributed by atoms with Gasteiger partial charge in [0, 0.05) is 0 Å². The van der Waals surface area contributed by atoms with E-state index in [4.69, 9.17) is 9.84 Å². The molecule has 0 aliphatic rings. The van der Waals surface area contributed by atoms with Crippen LogP contribution in [0.5, 0.6) is 5.75 Å². The van der Waals surface area contributed by atoms with Crippen LogP contribution in [0.4, 0.5) is 0 Å². The van der Waals surface area contributed by atoms with Crippen LogP contribution in [0, 0.1) is 6.92 Å². The van der Waals surface area contributed by atoms with Crippen LogP contribution in [0.2, 0.25) is 0 Å². The summed E-state index contributed by atoms with van der Waals surface area (Å²) in [6, 6.07) is 15.4. The maximum Gasteiger partial charge on any atom is 0.307 e. The largest absolute Gasteiger partial charge is 0.489 e. The highest BCUT2D eigenvalue weighted by Gasteiger charge is 2.05. The van der Waals surface area contributed by atoms with Crippen molar-refractivity contribution >= 4 is 5.97 Å². The molecule has 0 radical (unpaired) electrons. The van der Waals surface area contributed by atoms with E-state index in [1.165, 1.54) is 0 Å². The van der Waals surface area contributed by atoms with Gasteiger partial charge in [-0.2, -0.15) is 0 Å². The number of aliphatic carboxylic acids is 1. The summed E-state index contributed by atoms with van der Waals surface area (Å²) in [6.45, 7) is 2.44. The van der Waals surface area contributed by atoms with Crippen molar-refractivity contribution in [2.75, 3.05) is 0 Å². The summed E-state index contributed by atoms with van der Waals surface area (Å²) in [7, 11) is 0. The van der Waals surface area contributed by atoms with Crippen molar-refractivity contribution in [1.82, 2.24) is 0 Å². The molecular weight excluding hydrogens is 240 g/mol. The van der Waals surface area contributed by atoms with E-state index in [1.807, 2.05) is 49.4 Å². The zero-order valence-electron chi connectivity index (χ0n) is 10.8. The lowest BCUT2D eigenvalue weighted by Gasteiger charge is -2.10. The predicted octanol–water partition coefficient (Wildman–Crippen LogP) is 3.20. The lowest BCUT2D eigenvalue weighted by Crippen LogP contribution is -2.01. The van der Waals surface area contributed by atoms with Gasteiger partial charge in [0.1, 0.15) is 12.4 Å². The Balaban J connectivity index is 2.03. The highest BCUT2D eigenvalue weighted by atomic mass is 16.5. The first-order chi connectivity index (χ1) is 9.15. The molecule has 2 aromatic rings. The molecule has 0 unspecified atom stereocenters. The molecule has 0 aromatic heterocycles. The first-order valence-corrected chi connectivity index (χ1v) is 6.13. The fraction of sp³-hybridized carbons (Fsp3) is 0.188. The molecule has 19 heavy (non-hydrogen) atoms. The Bertz CT molecular complexity index is 561. The third-order valence-electron chi connectivity index (χ3n) is 2.83. The number of carboxylic acid groups (broad SMARTS) is 1. The number of aryl methyl sites for hydroxylation is 1. The van der Waals surface area contributed by atoms with Gasteiger partial charge in [-0.1, -0.05) is 42.5 Å². The first kappa shape index (κ1) is 13.1. The Labute approximate surface area is 112 Å². The van der Waals surface area contributed by atoms with Crippen LogP contribution >= 0.6 is 0 Å². The average Bonchev–Trinajstić information content (AvgIpc) is 2.38. The molecule has 0 fully saturated rings. The van der Waals surface area contributed by atoms with E-state index in [2.05, 4.69) is 0 Å². The Morgan fingerprint density at radius 2 is 1.84 bits per heavy atom. The summed E-state index contributed by atoms with van der Waals surface area (Å²) in [5, 5.41) is 8.75. The molecule has 2 aromatic carbocycles. The predicted molar refractivity (Wildman–Crippen MR) is 73.3 cm³/mol. The van der Waals surface area contributed by atoms with Crippen molar-refractivity contribution in [3.05, 3.63) is 65.2 Å². The first-order valence-electron chi connectivity index (χ1n) is 6.13. The zero-order chi connectivity index (χ0) is 13.7. The van der Waals surface area contributed by atoms with Crippen LogP contribution in [0.15, 0.2) is 48.5 Å². The fourth-order valence-corrected chi connectivity index (χ4v) is 1.89. The van der Waals surface area contributed by atoms with Crippen LogP contribution in [-0.4, -0.2) is 11.1 Å². The Hall–Kier alpha value is -2.29. The summed E-state index contributed by atoms with van der Waals surface area (Å²) < 4.78 is 5.74. The van der Waals surface area contributed by atoms with E-state index in [0.29, 0.717) is 6.61 Å². The van der Waals surface area contributed by atoms with E-state index in [1.54, 1.807) is 6.07 Å². The molecule has 0 aliphatic heterocycles. The Kier molecular flexibility index (Phi) is 4.18. The average molecular weight is 256 g/mol. The monoisotopic (exact) mass is 256 g/mol. The van der Waals surface area contributed by atoms with Gasteiger partial charge in [0.15, 0.2) is 0 Å². The summed E-state index contributed by atoms with van der Waals surface area (Å²) in [6.07, 6.45) is 0.0415. The summed E-state index contributed by atoms with van der Waals surface area (Å²) >= 11 is 0. The van der Waals surface area contributed by atoms with Crippen molar-refractivity contribution in [1.29, 1.82) is 0 Å². The molecule has 0 atom stereocenters. The number of carbonyl (C=O) groups is 1. The highest BCUT2D eigenvalue weighted by Crippen LogP contribution is 2.20. The normalized spacial score (nSPS) is 10.2. The third kappa shape index (κ3) is 3.85. The van der Waals surface area contributed by atoms with Crippen LogP contribution in [-0.2, 0) is 17.8 Å². The van der Waals surface area contributed by atoms with Crippen molar-refractivity contribution in [3.63, 3.8) is 0 Å². The minimum atomic E-state index is -0.822. The maximum absolute atomic E-state index is 10.6. The van der Waals surface area contributed by atoms with Crippen molar-refractivity contribution in [2.45, 2.75) is 20.0 Å². The molecular formula is C16H16O3. The van der Waals surface area contributed by atoms with Crippen LogP contribution in [0.1, 0.15) is 16.7 Å². The summed E-state index contributed by atoms with van der Waals surface area (Å²) in [5.74, 6) is -0.0321. The number of ether oxygens (including phenoxy) is 1. The van der Waals surface area contributed by atoms with Crippen molar-refractivity contribution < 1.29 is 14.6 Å². The second kappa shape index (κ2) is 6.05. The molecule has 0 spiro atoms. The number of benzene rings is 2. The molecule has 0 heterocycles. The van der Waals surface area contributed by atoms with Gasteiger partial charge in [0.25, 0.3) is 0 Å². The van der Waals surface area contributed by atoms with Crippen molar-refractivity contribution in [2.24, 2.45) is 0 Å². The molecule has 0 amide bonds. The van der Waals surface area contributed by atoms with Crippen molar-refractivity contribution in [3.8, 4) is 5.75 Å². The number of carboxylic acids is 1. The smallest absolute Gasteiger partial charge is 0.307 e. The van der Waals surface area contributed by atoms with Gasteiger partial charge in [-0.3, -0.25) is 4.79 Å². The Morgan fingerprint density at radius 1 is 1.11 bits per heavy atom. The van der Waals surface area contributed by atoms with Gasteiger partial charge >= 0.3 is 5.97 Å². The lowest BCUT2D eigenvalue weighted by atomic mass is 10.1. The Morgan fingerprint density at radius 3 is 2.47 bits per heavy atom. The molecule has 0 saturated carbocycles. The summed E-state index contributed by atoms with van der Waals surface area (Å²) in [4.78, 5) is 10.6. The van der Waals surface area contributed by atoms with Crippen LogP contribution < -0.4 is 4.74 Å². The van der Waals surface area contributed by atoms with Crippen LogP contribution in [0.3, 0.4) is 0 Å². The molecule has 3 nitrogen and oxygen atoms in total. The maximum atomic E-state index is 10.6. The van der Waals surface area contributed by atoms with Gasteiger partial charge in [-0.25, -0.2) is 0 Å². The van der Waals surface area contributed by atoms with E-state index < -0.39 is 5.97 Å². The minimum Gasteiger partial charge on any atom is -0.489 e. The number of rotatable bonds is 5.